The second-order valence-corrected chi connectivity index (χ2v) is 27.1. The van der Waals surface area contributed by atoms with E-state index in [1.54, 1.807) is 30.3 Å². The maximum atomic E-state index is 2.61. The second-order valence-electron chi connectivity index (χ2n) is 16.8. The summed E-state index contributed by atoms with van der Waals surface area (Å²) < 4.78 is 12.0. The van der Waals surface area contributed by atoms with Crippen LogP contribution in [0.3, 0.4) is 0 Å². The molecule has 0 nitrogen and oxygen atoms in total. The van der Waals surface area contributed by atoms with Crippen LogP contribution in [-0.4, -0.2) is 0 Å². The molecule has 2 atom stereocenters. The molecule has 0 N–H and O–H groups in total. The summed E-state index contributed by atoms with van der Waals surface area (Å²) in [6.45, 7) is 14.2. The van der Waals surface area contributed by atoms with E-state index in [1.165, 1.54) is 185 Å². The molecule has 6 aromatic heterocycles. The molecule has 0 aliphatic carbocycles. The molecule has 6 heterocycles. The minimum atomic E-state index is 0.810. The van der Waals surface area contributed by atoms with E-state index in [1.807, 2.05) is 22.7 Å². The zero-order valence-corrected chi connectivity index (χ0v) is 45.0. The first-order valence-electron chi connectivity index (χ1n) is 22.7. The predicted molar refractivity (Wildman–Crippen MR) is 290 cm³/mol. The molecule has 2 unspecified atom stereocenters. The summed E-state index contributed by atoms with van der Waals surface area (Å²) in [5.74, 6) is 1.62. The van der Waals surface area contributed by atoms with E-state index in [4.69, 9.17) is 0 Å². The molecule has 0 spiro atoms. The van der Waals surface area contributed by atoms with Gasteiger partial charge in [-0.2, -0.15) is 0 Å². The number of rotatable bonds is 24. The molecule has 0 fully saturated rings. The highest BCUT2D eigenvalue weighted by Gasteiger charge is 2.27. The Labute approximate surface area is 401 Å². The standard InChI is InChI=1S/C50H64I2S6/c1-7-13-17-19-23-33-37(25-31(11-5)21-15-9-3)53-41-29-39(55-47(33)41)45-35-27-43(51)58-50(35)46(36-28-44(52)57-49(36)45)40-30-42-48(56-40)34(24-20-18-14-8-2)38(54-42)26-32(12-6)22-16-10-4/h27-32H,7-26H2,1-6H3. The van der Waals surface area contributed by atoms with Gasteiger partial charge in [0.05, 0.1) is 5.77 Å². The van der Waals surface area contributed by atoms with Crippen molar-refractivity contribution in [2.24, 2.45) is 11.8 Å². The second kappa shape index (κ2) is 22.0. The van der Waals surface area contributed by atoms with Crippen molar-refractivity contribution in [2.75, 3.05) is 0 Å². The topological polar surface area (TPSA) is 0 Å². The lowest BCUT2D eigenvalue weighted by atomic mass is 9.93. The molecule has 0 saturated heterocycles. The van der Waals surface area contributed by atoms with E-state index in [0.717, 1.165) is 11.8 Å². The first kappa shape index (κ1) is 45.9. The van der Waals surface area contributed by atoms with E-state index in [9.17, 15) is 0 Å². The van der Waals surface area contributed by atoms with Gasteiger partial charge in [-0.25, -0.2) is 0 Å². The fourth-order valence-corrected chi connectivity index (χ4v) is 18.9. The Morgan fingerprint density at radius 1 is 0.448 bits per heavy atom. The number of thiophene rings is 6. The number of hydrogen-bond donors (Lipinski definition) is 0. The summed E-state index contributed by atoms with van der Waals surface area (Å²) in [5.41, 5.74) is 6.39. The summed E-state index contributed by atoms with van der Waals surface area (Å²) >= 11 is 17.8. The third-order valence-corrected chi connectivity index (χ3v) is 21.5. The van der Waals surface area contributed by atoms with Gasteiger partial charge in [0.1, 0.15) is 0 Å². The number of hydrogen-bond acceptors (Lipinski definition) is 6. The SMILES string of the molecule is CCCCCCc1c(CC(CC)CCCC)sc2cc(-c3c4cc(I)sc4c(-c4cc5sc(CC(CC)CCCC)c(CCCCCC)c5s4)c4cc(I)sc34)sc12. The average Bonchev–Trinajstić information content (AvgIpc) is 4.07. The van der Waals surface area contributed by atoms with Crippen LogP contribution in [0.1, 0.15) is 165 Å². The molecule has 7 rings (SSSR count). The van der Waals surface area contributed by atoms with Crippen molar-refractivity contribution >= 4 is 152 Å². The van der Waals surface area contributed by atoms with Gasteiger partial charge in [0.25, 0.3) is 0 Å². The largest absolute Gasteiger partial charge is 0.139 e. The Hall–Kier alpha value is -0.0800. The van der Waals surface area contributed by atoms with Gasteiger partial charge >= 0.3 is 0 Å². The molecule has 0 radical (unpaired) electrons. The van der Waals surface area contributed by atoms with Crippen molar-refractivity contribution in [1.82, 2.24) is 0 Å². The van der Waals surface area contributed by atoms with Gasteiger partial charge < -0.3 is 0 Å². The minimum absolute atomic E-state index is 0.810. The zero-order chi connectivity index (χ0) is 40.8. The molecule has 0 aliphatic heterocycles. The molecular formula is C50H64I2S6. The van der Waals surface area contributed by atoms with Gasteiger partial charge in [-0.1, -0.05) is 131 Å². The first-order valence-corrected chi connectivity index (χ1v) is 29.8. The number of halogens is 2. The highest BCUT2D eigenvalue weighted by atomic mass is 127. The van der Waals surface area contributed by atoms with E-state index in [2.05, 4.69) is 156 Å². The van der Waals surface area contributed by atoms with Crippen LogP contribution < -0.4 is 0 Å². The van der Waals surface area contributed by atoms with Crippen LogP contribution in [0.4, 0.5) is 0 Å². The Morgan fingerprint density at radius 3 is 1.24 bits per heavy atom. The van der Waals surface area contributed by atoms with Gasteiger partial charge in [-0.05, 0) is 131 Å². The molecule has 0 amide bonds. The van der Waals surface area contributed by atoms with Gasteiger partial charge in [-0.15, -0.1) is 68.0 Å². The Kier molecular flexibility index (Phi) is 17.4. The summed E-state index contributed by atoms with van der Waals surface area (Å²) in [5, 5.41) is 2.94. The molecule has 314 valence electrons. The van der Waals surface area contributed by atoms with Crippen molar-refractivity contribution in [3.8, 4) is 20.9 Å². The Bertz CT molecular complexity index is 2170. The smallest absolute Gasteiger partial charge is 0.0666 e. The van der Waals surface area contributed by atoms with Gasteiger partial charge in [0, 0.05) is 69.6 Å². The molecule has 0 bridgehead atoms. The number of aryl methyl sites for hydroxylation is 2. The lowest BCUT2D eigenvalue weighted by molar-refractivity contribution is 0.451. The van der Waals surface area contributed by atoms with E-state index < -0.39 is 0 Å². The van der Waals surface area contributed by atoms with Crippen molar-refractivity contribution in [2.45, 2.75) is 170 Å². The molecule has 0 saturated carbocycles. The van der Waals surface area contributed by atoms with Gasteiger partial charge in [0.2, 0.25) is 0 Å². The van der Waals surface area contributed by atoms with E-state index in [0.29, 0.717) is 0 Å². The van der Waals surface area contributed by atoms with Crippen molar-refractivity contribution < 1.29 is 0 Å². The van der Waals surface area contributed by atoms with Crippen molar-refractivity contribution in [1.29, 1.82) is 0 Å². The van der Waals surface area contributed by atoms with Crippen LogP contribution in [0.2, 0.25) is 0 Å². The molecular weight excluding hydrogens is 1050 g/mol. The number of fused-ring (bicyclic) bond motifs is 4. The third-order valence-electron chi connectivity index (χ3n) is 12.6. The third kappa shape index (κ3) is 10.3. The average molecular weight is 1110 g/mol. The number of unbranched alkanes of at least 4 members (excludes halogenated alkanes) is 8. The Balaban J connectivity index is 1.33. The summed E-state index contributed by atoms with van der Waals surface area (Å²) in [6.07, 6.45) is 26.3. The summed E-state index contributed by atoms with van der Waals surface area (Å²) in [6, 6.07) is 10.3. The van der Waals surface area contributed by atoms with Crippen LogP contribution in [0.5, 0.6) is 0 Å². The molecule has 58 heavy (non-hydrogen) atoms. The highest BCUT2D eigenvalue weighted by Crippen LogP contribution is 2.55. The van der Waals surface area contributed by atoms with Crippen LogP contribution in [-0.2, 0) is 25.7 Å². The van der Waals surface area contributed by atoms with Crippen LogP contribution in [0.25, 0.3) is 59.9 Å². The summed E-state index contributed by atoms with van der Waals surface area (Å²) in [7, 11) is 0. The normalized spacial score (nSPS) is 13.4. The zero-order valence-electron chi connectivity index (χ0n) is 35.8. The molecule has 1 aromatic carbocycles. The quantitative estimate of drug-likeness (QED) is 0.0418. The fraction of sp³-hybridized carbons (Fsp3) is 0.560. The molecule has 7 aromatic rings. The minimum Gasteiger partial charge on any atom is -0.139 e. The van der Waals surface area contributed by atoms with Crippen molar-refractivity contribution in [3.05, 3.63) is 50.9 Å². The van der Waals surface area contributed by atoms with E-state index >= 15 is 0 Å². The van der Waals surface area contributed by atoms with E-state index in [-0.39, 0.29) is 0 Å². The Morgan fingerprint density at radius 2 is 0.862 bits per heavy atom. The van der Waals surface area contributed by atoms with Crippen LogP contribution in [0.15, 0.2) is 24.3 Å². The lowest BCUT2D eigenvalue weighted by Crippen LogP contribution is -2.04. The fourth-order valence-electron chi connectivity index (χ4n) is 9.11. The van der Waals surface area contributed by atoms with Crippen LogP contribution in [0, 0.1) is 17.6 Å². The monoisotopic (exact) mass is 1110 g/mol. The maximum absolute atomic E-state index is 2.61. The molecule has 0 aliphatic rings. The highest BCUT2D eigenvalue weighted by molar-refractivity contribution is 14.1. The predicted octanol–water partition coefficient (Wildman–Crippen LogP) is 21.0. The van der Waals surface area contributed by atoms with Gasteiger partial charge in [0.15, 0.2) is 0 Å². The number of benzene rings is 1. The van der Waals surface area contributed by atoms with Gasteiger partial charge in [-0.3, -0.25) is 0 Å². The van der Waals surface area contributed by atoms with Crippen molar-refractivity contribution in [3.63, 3.8) is 0 Å². The summed E-state index contributed by atoms with van der Waals surface area (Å²) in [4.78, 5) is 6.36. The first-order chi connectivity index (χ1) is 28.3. The molecule has 8 heteroatoms. The maximum Gasteiger partial charge on any atom is 0.0666 e. The lowest BCUT2D eigenvalue weighted by Gasteiger charge is -2.15. The van der Waals surface area contributed by atoms with Crippen LogP contribution >= 0.6 is 113 Å².